The van der Waals surface area contributed by atoms with Crippen LogP contribution in [0.1, 0.15) is 55.8 Å². The number of H-pyrrole nitrogens is 1. The summed E-state index contributed by atoms with van der Waals surface area (Å²) in [5.41, 5.74) is 4.03. The number of aromatic amines is 1. The van der Waals surface area contributed by atoms with Gasteiger partial charge in [0.1, 0.15) is 0 Å². The van der Waals surface area contributed by atoms with Crippen molar-refractivity contribution in [3.63, 3.8) is 0 Å². The van der Waals surface area contributed by atoms with Crippen molar-refractivity contribution in [3.05, 3.63) is 35.5 Å². The molecule has 0 spiro atoms. The third-order valence-corrected chi connectivity index (χ3v) is 7.12. The SMILES string of the molecule is CNCC1CCC(C(=O)N2CCc3c([nH]c4ccccc34)C2C2CC2)CC1. The molecule has 1 aromatic heterocycles. The third kappa shape index (κ3) is 3.08. The summed E-state index contributed by atoms with van der Waals surface area (Å²) in [5, 5.41) is 4.66. The minimum absolute atomic E-state index is 0.241. The predicted molar refractivity (Wildman–Crippen MR) is 109 cm³/mol. The number of nitrogens with zero attached hydrogens (tertiary/aromatic N) is 1. The standard InChI is InChI=1S/C23H31N3O/c1-24-14-15-6-8-17(9-7-15)23(27)26-13-12-19-18-4-2-3-5-20(18)25-21(19)22(26)16-10-11-16/h2-5,15-17,22,24-25H,6-14H2,1H3. The zero-order chi connectivity index (χ0) is 18.4. The summed E-state index contributed by atoms with van der Waals surface area (Å²) >= 11 is 0. The fraction of sp³-hybridized carbons (Fsp3) is 0.609. The summed E-state index contributed by atoms with van der Waals surface area (Å²) in [6.07, 6.45) is 8.03. The van der Waals surface area contributed by atoms with Gasteiger partial charge in [-0.1, -0.05) is 18.2 Å². The monoisotopic (exact) mass is 365 g/mol. The Labute approximate surface area is 161 Å². The highest BCUT2D eigenvalue weighted by Crippen LogP contribution is 2.49. The van der Waals surface area contributed by atoms with Crippen LogP contribution >= 0.6 is 0 Å². The van der Waals surface area contributed by atoms with Gasteiger partial charge in [-0.3, -0.25) is 4.79 Å². The first kappa shape index (κ1) is 17.3. The number of rotatable bonds is 4. The van der Waals surface area contributed by atoms with Crippen molar-refractivity contribution in [1.82, 2.24) is 15.2 Å². The van der Waals surface area contributed by atoms with Gasteiger partial charge in [-0.15, -0.1) is 0 Å². The summed E-state index contributed by atoms with van der Waals surface area (Å²) in [5.74, 6) is 2.08. The first-order valence-electron chi connectivity index (χ1n) is 10.8. The number of para-hydroxylation sites is 1. The fourth-order valence-corrected chi connectivity index (χ4v) is 5.56. The van der Waals surface area contributed by atoms with Crippen LogP contribution in [-0.2, 0) is 11.2 Å². The lowest BCUT2D eigenvalue weighted by molar-refractivity contribution is -0.140. The second-order valence-electron chi connectivity index (χ2n) is 8.90. The second kappa shape index (κ2) is 6.97. The topological polar surface area (TPSA) is 48.1 Å². The smallest absolute Gasteiger partial charge is 0.226 e. The van der Waals surface area contributed by atoms with E-state index < -0.39 is 0 Å². The molecular weight excluding hydrogens is 334 g/mol. The van der Waals surface area contributed by atoms with Crippen LogP contribution in [0.4, 0.5) is 0 Å². The lowest BCUT2D eigenvalue weighted by Crippen LogP contribution is -2.45. The van der Waals surface area contributed by atoms with E-state index in [1.54, 1.807) is 0 Å². The quantitative estimate of drug-likeness (QED) is 0.859. The Hall–Kier alpha value is -1.81. The number of nitrogens with one attached hydrogen (secondary N) is 2. The molecule has 27 heavy (non-hydrogen) atoms. The summed E-state index contributed by atoms with van der Waals surface area (Å²) in [7, 11) is 2.03. The largest absolute Gasteiger partial charge is 0.356 e. The lowest BCUT2D eigenvalue weighted by atomic mass is 9.80. The molecule has 2 fully saturated rings. The lowest BCUT2D eigenvalue weighted by Gasteiger charge is -2.39. The number of carbonyl (C=O) groups excluding carboxylic acids is 1. The van der Waals surface area contributed by atoms with Crippen molar-refractivity contribution in [3.8, 4) is 0 Å². The van der Waals surface area contributed by atoms with E-state index in [1.165, 1.54) is 47.8 Å². The molecule has 5 rings (SSSR count). The van der Waals surface area contributed by atoms with E-state index in [1.807, 2.05) is 7.05 Å². The van der Waals surface area contributed by atoms with Crippen LogP contribution in [0.25, 0.3) is 10.9 Å². The van der Waals surface area contributed by atoms with E-state index in [-0.39, 0.29) is 12.0 Å². The van der Waals surface area contributed by atoms with Crippen molar-refractivity contribution in [1.29, 1.82) is 0 Å². The summed E-state index contributed by atoms with van der Waals surface area (Å²) < 4.78 is 0. The Kier molecular flexibility index (Phi) is 4.47. The Morgan fingerprint density at radius 1 is 1.15 bits per heavy atom. The van der Waals surface area contributed by atoms with Gasteiger partial charge < -0.3 is 15.2 Å². The molecule has 1 atom stereocenters. The molecule has 2 heterocycles. The normalized spacial score (nSPS) is 28.3. The highest BCUT2D eigenvalue weighted by atomic mass is 16.2. The van der Waals surface area contributed by atoms with Crippen molar-refractivity contribution >= 4 is 16.8 Å². The fourth-order valence-electron chi connectivity index (χ4n) is 5.56. The van der Waals surface area contributed by atoms with Gasteiger partial charge in [0, 0.05) is 29.1 Å². The van der Waals surface area contributed by atoms with Gasteiger partial charge >= 0.3 is 0 Å². The Morgan fingerprint density at radius 3 is 2.67 bits per heavy atom. The highest BCUT2D eigenvalue weighted by molar-refractivity contribution is 5.86. The van der Waals surface area contributed by atoms with Gasteiger partial charge in [-0.25, -0.2) is 0 Å². The van der Waals surface area contributed by atoms with Gasteiger partial charge in [0.05, 0.1) is 6.04 Å². The molecule has 3 aliphatic rings. The Bertz CT molecular complexity index is 829. The van der Waals surface area contributed by atoms with Crippen LogP contribution in [0, 0.1) is 17.8 Å². The summed E-state index contributed by atoms with van der Waals surface area (Å²) in [4.78, 5) is 19.4. The van der Waals surface area contributed by atoms with E-state index in [4.69, 9.17) is 0 Å². The number of aromatic nitrogens is 1. The maximum atomic E-state index is 13.5. The maximum absolute atomic E-state index is 13.5. The summed E-state index contributed by atoms with van der Waals surface area (Å²) in [6, 6.07) is 8.91. The molecule has 1 amide bonds. The van der Waals surface area contributed by atoms with E-state index in [9.17, 15) is 4.79 Å². The Balaban J connectivity index is 1.39. The first-order chi connectivity index (χ1) is 13.3. The number of benzene rings is 1. The maximum Gasteiger partial charge on any atom is 0.226 e. The van der Waals surface area contributed by atoms with E-state index in [0.717, 1.165) is 38.3 Å². The molecule has 1 aliphatic heterocycles. The average Bonchev–Trinajstić information content (AvgIpc) is 3.47. The van der Waals surface area contributed by atoms with E-state index >= 15 is 0 Å². The number of hydrogen-bond acceptors (Lipinski definition) is 2. The van der Waals surface area contributed by atoms with Gasteiger partial charge in [0.2, 0.25) is 5.91 Å². The predicted octanol–water partition coefficient (Wildman–Crippen LogP) is 4.03. The average molecular weight is 366 g/mol. The molecule has 0 radical (unpaired) electrons. The van der Waals surface area contributed by atoms with Gasteiger partial charge in [0.25, 0.3) is 0 Å². The van der Waals surface area contributed by atoms with Crippen molar-refractivity contribution in [2.45, 2.75) is 51.0 Å². The molecule has 4 heteroatoms. The van der Waals surface area contributed by atoms with Crippen molar-refractivity contribution in [2.24, 2.45) is 17.8 Å². The van der Waals surface area contributed by atoms with Crippen LogP contribution in [0.3, 0.4) is 0 Å². The Morgan fingerprint density at radius 2 is 1.93 bits per heavy atom. The van der Waals surface area contributed by atoms with Gasteiger partial charge in [-0.05, 0) is 82.0 Å². The molecule has 2 saturated carbocycles. The van der Waals surface area contributed by atoms with Crippen LogP contribution in [-0.4, -0.2) is 35.9 Å². The summed E-state index contributed by atoms with van der Waals surface area (Å²) in [6.45, 7) is 1.99. The molecule has 0 saturated heterocycles. The number of amides is 1. The molecular formula is C23H31N3O. The van der Waals surface area contributed by atoms with Gasteiger partial charge in [0.15, 0.2) is 0 Å². The molecule has 0 bridgehead atoms. The van der Waals surface area contributed by atoms with Crippen molar-refractivity contribution in [2.75, 3.05) is 20.1 Å². The van der Waals surface area contributed by atoms with E-state index in [0.29, 0.717) is 11.8 Å². The number of hydrogen-bond donors (Lipinski definition) is 2. The second-order valence-corrected chi connectivity index (χ2v) is 8.90. The molecule has 144 valence electrons. The zero-order valence-corrected chi connectivity index (χ0v) is 16.3. The van der Waals surface area contributed by atoms with Crippen molar-refractivity contribution < 1.29 is 4.79 Å². The molecule has 1 unspecified atom stereocenters. The first-order valence-corrected chi connectivity index (χ1v) is 10.8. The number of fused-ring (bicyclic) bond motifs is 3. The van der Waals surface area contributed by atoms with E-state index in [2.05, 4.69) is 39.5 Å². The third-order valence-electron chi connectivity index (χ3n) is 7.12. The number of carbonyl (C=O) groups is 1. The molecule has 4 nitrogen and oxygen atoms in total. The molecule has 2 aliphatic carbocycles. The molecule has 2 aromatic rings. The van der Waals surface area contributed by atoms with Crippen LogP contribution in [0.15, 0.2) is 24.3 Å². The molecule has 2 N–H and O–H groups in total. The van der Waals surface area contributed by atoms with Crippen LogP contribution in [0.5, 0.6) is 0 Å². The minimum atomic E-state index is 0.241. The van der Waals surface area contributed by atoms with Crippen LogP contribution < -0.4 is 5.32 Å². The highest BCUT2D eigenvalue weighted by Gasteiger charge is 2.44. The van der Waals surface area contributed by atoms with Gasteiger partial charge in [-0.2, -0.15) is 0 Å². The van der Waals surface area contributed by atoms with Crippen LogP contribution in [0.2, 0.25) is 0 Å². The molecule has 1 aromatic carbocycles. The minimum Gasteiger partial charge on any atom is -0.356 e. The zero-order valence-electron chi connectivity index (χ0n) is 16.3.